The second-order valence-corrected chi connectivity index (χ2v) is 6.16. The van der Waals surface area contributed by atoms with E-state index in [1.807, 2.05) is 18.2 Å². The predicted octanol–water partition coefficient (Wildman–Crippen LogP) is 2.38. The van der Waals surface area contributed by atoms with Crippen molar-refractivity contribution in [1.82, 2.24) is 15.6 Å². The standard InChI is InChI=1S/C16H16ClN3O/c17-15-4-3-14(20-15)9-1-2-11-12(5-9)16(21)19-7-10-6-18-8-13(10)11/h1-5,10,13,18,20H,6-8H2,(H,19,21)/t10-,13+/m1/s1. The molecule has 0 unspecified atom stereocenters. The number of aromatic amines is 1. The number of carbonyl (C=O) groups is 1. The number of aromatic nitrogens is 1. The molecule has 2 aliphatic rings. The van der Waals surface area contributed by atoms with Crippen LogP contribution in [0.1, 0.15) is 21.8 Å². The summed E-state index contributed by atoms with van der Waals surface area (Å²) in [5.41, 5.74) is 3.86. The molecule has 4 nitrogen and oxygen atoms in total. The highest BCUT2D eigenvalue weighted by Crippen LogP contribution is 2.34. The maximum atomic E-state index is 12.4. The molecule has 2 aromatic rings. The minimum Gasteiger partial charge on any atom is -0.352 e. The van der Waals surface area contributed by atoms with Gasteiger partial charge in [0, 0.05) is 36.8 Å². The van der Waals surface area contributed by atoms with Gasteiger partial charge in [0.2, 0.25) is 0 Å². The number of benzene rings is 1. The molecule has 0 spiro atoms. The second-order valence-electron chi connectivity index (χ2n) is 5.76. The number of nitrogens with one attached hydrogen (secondary N) is 3. The zero-order valence-electron chi connectivity index (χ0n) is 11.4. The van der Waals surface area contributed by atoms with Gasteiger partial charge in [0.15, 0.2) is 0 Å². The number of carbonyl (C=O) groups excluding carboxylic acids is 1. The first-order chi connectivity index (χ1) is 10.2. The molecule has 1 aromatic carbocycles. The smallest absolute Gasteiger partial charge is 0.251 e. The van der Waals surface area contributed by atoms with E-state index in [1.54, 1.807) is 0 Å². The lowest BCUT2D eigenvalue weighted by atomic mass is 9.86. The van der Waals surface area contributed by atoms with Gasteiger partial charge in [-0.25, -0.2) is 0 Å². The Labute approximate surface area is 127 Å². The van der Waals surface area contributed by atoms with E-state index in [2.05, 4.69) is 27.8 Å². The van der Waals surface area contributed by atoms with E-state index < -0.39 is 0 Å². The van der Waals surface area contributed by atoms with Crippen LogP contribution in [0.5, 0.6) is 0 Å². The van der Waals surface area contributed by atoms with Gasteiger partial charge in [0.25, 0.3) is 5.91 Å². The van der Waals surface area contributed by atoms with Crippen LogP contribution >= 0.6 is 11.6 Å². The van der Waals surface area contributed by atoms with E-state index in [-0.39, 0.29) is 5.91 Å². The minimum absolute atomic E-state index is 0.0268. The predicted molar refractivity (Wildman–Crippen MR) is 82.7 cm³/mol. The van der Waals surface area contributed by atoms with Crippen LogP contribution in [0.15, 0.2) is 30.3 Å². The molecule has 1 saturated heterocycles. The molecular weight excluding hydrogens is 286 g/mol. The third-order valence-corrected chi connectivity index (χ3v) is 4.74. The molecule has 5 heteroatoms. The first-order valence-electron chi connectivity index (χ1n) is 7.20. The number of rotatable bonds is 1. The van der Waals surface area contributed by atoms with Gasteiger partial charge in [-0.2, -0.15) is 0 Å². The van der Waals surface area contributed by atoms with Crippen LogP contribution in [-0.2, 0) is 0 Å². The Morgan fingerprint density at radius 1 is 1.10 bits per heavy atom. The molecule has 0 bridgehead atoms. The average Bonchev–Trinajstić information content (AvgIpc) is 3.10. The van der Waals surface area contributed by atoms with Gasteiger partial charge < -0.3 is 15.6 Å². The van der Waals surface area contributed by atoms with Crippen molar-refractivity contribution in [2.24, 2.45) is 5.92 Å². The fourth-order valence-corrected chi connectivity index (χ4v) is 3.58. The van der Waals surface area contributed by atoms with Crippen LogP contribution in [0.3, 0.4) is 0 Å². The van der Waals surface area contributed by atoms with Crippen LogP contribution in [0.4, 0.5) is 0 Å². The summed E-state index contributed by atoms with van der Waals surface area (Å²) in [7, 11) is 0. The third-order valence-electron chi connectivity index (χ3n) is 4.52. The van der Waals surface area contributed by atoms with Gasteiger partial charge >= 0.3 is 0 Å². The van der Waals surface area contributed by atoms with Crippen LogP contribution < -0.4 is 10.6 Å². The Balaban J connectivity index is 1.81. The number of hydrogen-bond donors (Lipinski definition) is 3. The highest BCUT2D eigenvalue weighted by Gasteiger charge is 2.34. The molecule has 3 N–H and O–H groups in total. The molecular formula is C16H16ClN3O. The zero-order valence-corrected chi connectivity index (χ0v) is 12.2. The molecule has 1 fully saturated rings. The lowest BCUT2D eigenvalue weighted by Gasteiger charge is -2.16. The molecule has 21 heavy (non-hydrogen) atoms. The highest BCUT2D eigenvalue weighted by atomic mass is 35.5. The van der Waals surface area contributed by atoms with E-state index in [0.29, 0.717) is 17.0 Å². The summed E-state index contributed by atoms with van der Waals surface area (Å²) in [6, 6.07) is 9.87. The number of H-pyrrole nitrogens is 1. The van der Waals surface area contributed by atoms with Crippen molar-refractivity contribution in [3.63, 3.8) is 0 Å². The topological polar surface area (TPSA) is 56.9 Å². The normalized spacial score (nSPS) is 24.1. The number of halogens is 1. The highest BCUT2D eigenvalue weighted by molar-refractivity contribution is 6.29. The van der Waals surface area contributed by atoms with E-state index in [9.17, 15) is 4.79 Å². The largest absolute Gasteiger partial charge is 0.352 e. The summed E-state index contributed by atoms with van der Waals surface area (Å²) in [6.45, 7) is 2.66. The van der Waals surface area contributed by atoms with Crippen molar-refractivity contribution >= 4 is 17.5 Å². The van der Waals surface area contributed by atoms with Crippen LogP contribution in [0, 0.1) is 5.92 Å². The van der Waals surface area contributed by atoms with E-state index in [4.69, 9.17) is 11.6 Å². The molecule has 0 saturated carbocycles. The van der Waals surface area contributed by atoms with Crippen molar-refractivity contribution in [2.45, 2.75) is 5.92 Å². The Bertz CT molecular complexity index is 709. The second kappa shape index (κ2) is 4.90. The maximum absolute atomic E-state index is 12.4. The number of amides is 1. The molecule has 0 aliphatic carbocycles. The van der Waals surface area contributed by atoms with Crippen molar-refractivity contribution < 1.29 is 4.79 Å². The lowest BCUT2D eigenvalue weighted by Crippen LogP contribution is -2.28. The van der Waals surface area contributed by atoms with Crippen molar-refractivity contribution in [2.75, 3.05) is 19.6 Å². The van der Waals surface area contributed by atoms with Crippen molar-refractivity contribution in [3.8, 4) is 11.3 Å². The first kappa shape index (κ1) is 12.9. The van der Waals surface area contributed by atoms with Gasteiger partial charge in [-0.05, 0) is 35.2 Å². The fourth-order valence-electron chi connectivity index (χ4n) is 3.41. The van der Waals surface area contributed by atoms with E-state index >= 15 is 0 Å². The molecule has 3 heterocycles. The van der Waals surface area contributed by atoms with Gasteiger partial charge in [0.05, 0.1) is 0 Å². The van der Waals surface area contributed by atoms with Crippen LogP contribution in [0.25, 0.3) is 11.3 Å². The first-order valence-corrected chi connectivity index (χ1v) is 7.58. The van der Waals surface area contributed by atoms with E-state index in [1.165, 1.54) is 0 Å². The van der Waals surface area contributed by atoms with Gasteiger partial charge in [-0.15, -0.1) is 0 Å². The quantitative estimate of drug-likeness (QED) is 0.757. The fraction of sp³-hybridized carbons (Fsp3) is 0.312. The third kappa shape index (κ3) is 2.15. The molecule has 4 rings (SSSR count). The Kier molecular flexibility index (Phi) is 3.01. The minimum atomic E-state index is 0.0268. The SMILES string of the molecule is O=C1NC[C@H]2CNC[C@@H]2c2ccc(-c3ccc(Cl)[nH]3)cc21. The maximum Gasteiger partial charge on any atom is 0.251 e. The van der Waals surface area contributed by atoms with Crippen molar-refractivity contribution in [1.29, 1.82) is 0 Å². The number of fused-ring (bicyclic) bond motifs is 3. The average molecular weight is 302 g/mol. The Morgan fingerprint density at radius 3 is 2.81 bits per heavy atom. The van der Waals surface area contributed by atoms with Crippen LogP contribution in [-0.4, -0.2) is 30.5 Å². The summed E-state index contributed by atoms with van der Waals surface area (Å²) in [5, 5.41) is 7.06. The van der Waals surface area contributed by atoms with Gasteiger partial charge in [-0.1, -0.05) is 23.7 Å². The summed E-state index contributed by atoms with van der Waals surface area (Å²) in [6.07, 6.45) is 0. The lowest BCUT2D eigenvalue weighted by molar-refractivity contribution is 0.0952. The van der Waals surface area contributed by atoms with Gasteiger partial charge in [0.1, 0.15) is 5.15 Å². The molecule has 108 valence electrons. The monoisotopic (exact) mass is 301 g/mol. The summed E-state index contributed by atoms with van der Waals surface area (Å²) >= 11 is 5.94. The summed E-state index contributed by atoms with van der Waals surface area (Å²) in [4.78, 5) is 15.5. The molecule has 2 atom stereocenters. The Morgan fingerprint density at radius 2 is 2.00 bits per heavy atom. The zero-order chi connectivity index (χ0) is 14.4. The van der Waals surface area contributed by atoms with Crippen molar-refractivity contribution in [3.05, 3.63) is 46.6 Å². The summed E-state index contributed by atoms with van der Waals surface area (Å²) in [5.74, 6) is 0.931. The molecule has 1 aromatic heterocycles. The molecule has 1 amide bonds. The van der Waals surface area contributed by atoms with Gasteiger partial charge in [-0.3, -0.25) is 4.79 Å². The Hall–Kier alpha value is -1.78. The molecule has 2 aliphatic heterocycles. The van der Waals surface area contributed by atoms with Crippen LogP contribution in [0.2, 0.25) is 5.15 Å². The number of hydrogen-bond acceptors (Lipinski definition) is 2. The molecule has 0 radical (unpaired) electrons. The summed E-state index contributed by atoms with van der Waals surface area (Å²) < 4.78 is 0. The van der Waals surface area contributed by atoms with E-state index in [0.717, 1.165) is 42.0 Å².